The maximum Gasteiger partial charge on any atom is 0.0871 e. The molecular formula is C12H13NO. The number of rotatable bonds is 0. The van der Waals surface area contributed by atoms with Crippen molar-refractivity contribution in [2.24, 2.45) is 0 Å². The first-order valence-electron chi connectivity index (χ1n) is 5.18. The second kappa shape index (κ2) is 2.77. The van der Waals surface area contributed by atoms with E-state index in [2.05, 4.69) is 6.07 Å². The van der Waals surface area contributed by atoms with E-state index in [1.165, 1.54) is 28.5 Å². The smallest absolute Gasteiger partial charge is 0.0871 e. The van der Waals surface area contributed by atoms with E-state index in [1.54, 1.807) is 0 Å². The molecule has 1 aromatic heterocycles. The molecule has 1 aromatic carbocycles. The fraction of sp³-hybridized carbons (Fsp3) is 0.333. The second-order valence-corrected chi connectivity index (χ2v) is 3.96. The first kappa shape index (κ1) is 7.92. The highest BCUT2D eigenvalue weighted by atomic mass is 16.5. The van der Waals surface area contributed by atoms with Crippen LogP contribution in [-0.2, 0) is 12.8 Å². The van der Waals surface area contributed by atoms with Gasteiger partial charge in [-0.2, -0.15) is 4.73 Å². The summed E-state index contributed by atoms with van der Waals surface area (Å²) in [5.74, 6) is 0. The number of fused-ring (bicyclic) bond motifs is 3. The summed E-state index contributed by atoms with van der Waals surface area (Å²) >= 11 is 0. The molecular weight excluding hydrogens is 174 g/mol. The Morgan fingerprint density at radius 2 is 1.86 bits per heavy atom. The van der Waals surface area contributed by atoms with Crippen LogP contribution in [0.1, 0.15) is 24.1 Å². The second-order valence-electron chi connectivity index (χ2n) is 3.96. The van der Waals surface area contributed by atoms with Gasteiger partial charge in [0.1, 0.15) is 0 Å². The third-order valence-corrected chi connectivity index (χ3v) is 3.15. The zero-order valence-electron chi connectivity index (χ0n) is 8.03. The lowest BCUT2D eigenvalue weighted by Gasteiger charge is -2.11. The molecule has 0 amide bonds. The molecule has 0 atom stereocenters. The van der Waals surface area contributed by atoms with Crippen molar-refractivity contribution < 1.29 is 5.21 Å². The van der Waals surface area contributed by atoms with Crippen molar-refractivity contribution in [1.82, 2.24) is 4.73 Å². The Balaban J connectivity index is 2.41. The van der Waals surface area contributed by atoms with Gasteiger partial charge in [-0.15, -0.1) is 0 Å². The van der Waals surface area contributed by atoms with Crippen molar-refractivity contribution in [2.75, 3.05) is 0 Å². The summed E-state index contributed by atoms with van der Waals surface area (Å²) in [5.41, 5.74) is 3.44. The predicted octanol–water partition coefficient (Wildman–Crippen LogP) is 2.76. The molecule has 1 aliphatic rings. The van der Waals surface area contributed by atoms with Gasteiger partial charge in [-0.1, -0.05) is 18.2 Å². The minimum Gasteiger partial charge on any atom is -0.428 e. The number of hydrogen-bond donors (Lipinski definition) is 1. The summed E-state index contributed by atoms with van der Waals surface area (Å²) in [7, 11) is 0. The van der Waals surface area contributed by atoms with Crippen molar-refractivity contribution in [1.29, 1.82) is 0 Å². The quantitative estimate of drug-likeness (QED) is 0.630. The molecule has 0 fully saturated rings. The van der Waals surface area contributed by atoms with Crippen LogP contribution in [-0.4, -0.2) is 9.94 Å². The molecule has 1 heterocycles. The van der Waals surface area contributed by atoms with Gasteiger partial charge in [0.15, 0.2) is 0 Å². The lowest BCUT2D eigenvalue weighted by Crippen LogP contribution is -2.05. The molecule has 2 heteroatoms. The van der Waals surface area contributed by atoms with E-state index in [1.807, 2.05) is 18.2 Å². The number of para-hydroxylation sites is 1. The number of hydrogen-bond acceptors (Lipinski definition) is 1. The van der Waals surface area contributed by atoms with Crippen molar-refractivity contribution >= 4 is 10.9 Å². The molecule has 0 saturated carbocycles. The third kappa shape index (κ3) is 0.910. The average molecular weight is 187 g/mol. The van der Waals surface area contributed by atoms with Crippen molar-refractivity contribution in [3.8, 4) is 0 Å². The molecule has 0 bridgehead atoms. The Morgan fingerprint density at radius 3 is 2.79 bits per heavy atom. The maximum atomic E-state index is 9.95. The molecule has 0 unspecified atom stereocenters. The first-order chi connectivity index (χ1) is 6.88. The van der Waals surface area contributed by atoms with Crippen molar-refractivity contribution in [2.45, 2.75) is 25.7 Å². The molecule has 1 aliphatic carbocycles. The van der Waals surface area contributed by atoms with Crippen molar-refractivity contribution in [3.05, 3.63) is 35.5 Å². The van der Waals surface area contributed by atoms with Crippen LogP contribution in [0.3, 0.4) is 0 Å². The fourth-order valence-electron chi connectivity index (χ4n) is 2.47. The molecule has 1 N–H and O–H groups in total. The monoisotopic (exact) mass is 187 g/mol. The van der Waals surface area contributed by atoms with Gasteiger partial charge in [0.2, 0.25) is 0 Å². The topological polar surface area (TPSA) is 25.2 Å². The van der Waals surface area contributed by atoms with Crippen LogP contribution < -0.4 is 0 Å². The summed E-state index contributed by atoms with van der Waals surface area (Å²) in [6.07, 6.45) is 4.58. The van der Waals surface area contributed by atoms with Gasteiger partial charge >= 0.3 is 0 Å². The number of aryl methyl sites for hydroxylation is 1. The highest BCUT2D eigenvalue weighted by Gasteiger charge is 2.18. The molecule has 0 aliphatic heterocycles. The van der Waals surface area contributed by atoms with Crippen LogP contribution in [0.4, 0.5) is 0 Å². The van der Waals surface area contributed by atoms with Gasteiger partial charge < -0.3 is 5.21 Å². The van der Waals surface area contributed by atoms with Crippen LogP contribution in [0.2, 0.25) is 0 Å². The van der Waals surface area contributed by atoms with E-state index < -0.39 is 0 Å². The molecule has 0 saturated heterocycles. The van der Waals surface area contributed by atoms with E-state index in [9.17, 15) is 5.21 Å². The minimum absolute atomic E-state index is 0.958. The Morgan fingerprint density at radius 1 is 1.07 bits per heavy atom. The van der Waals surface area contributed by atoms with Crippen LogP contribution in [0.5, 0.6) is 0 Å². The summed E-state index contributed by atoms with van der Waals surface area (Å²) < 4.78 is 1.38. The first-order valence-corrected chi connectivity index (χ1v) is 5.18. The van der Waals surface area contributed by atoms with Crippen molar-refractivity contribution in [3.63, 3.8) is 0 Å². The molecule has 14 heavy (non-hydrogen) atoms. The molecule has 2 nitrogen and oxygen atoms in total. The predicted molar refractivity (Wildman–Crippen MR) is 55.8 cm³/mol. The fourth-order valence-corrected chi connectivity index (χ4v) is 2.47. The Bertz CT molecular complexity index is 484. The Hall–Kier alpha value is -1.44. The van der Waals surface area contributed by atoms with Crippen LogP contribution >= 0.6 is 0 Å². The molecule has 0 radical (unpaired) electrons. The van der Waals surface area contributed by atoms with E-state index >= 15 is 0 Å². The molecule has 3 rings (SSSR count). The van der Waals surface area contributed by atoms with Gasteiger partial charge in [0, 0.05) is 5.39 Å². The minimum atomic E-state index is 0.958. The van der Waals surface area contributed by atoms with E-state index in [-0.39, 0.29) is 0 Å². The highest BCUT2D eigenvalue weighted by molar-refractivity contribution is 5.85. The van der Waals surface area contributed by atoms with E-state index in [0.717, 1.165) is 24.1 Å². The Kier molecular flexibility index (Phi) is 1.57. The summed E-state index contributed by atoms with van der Waals surface area (Å²) in [6, 6.07) is 8.09. The summed E-state index contributed by atoms with van der Waals surface area (Å²) in [5, 5.41) is 11.2. The SMILES string of the molecule is On1c2c(c3ccccc31)CCCC2. The molecule has 72 valence electrons. The number of aromatic nitrogens is 1. The number of nitrogens with zero attached hydrogens (tertiary/aromatic N) is 1. The third-order valence-electron chi connectivity index (χ3n) is 3.15. The Labute approximate surface area is 82.7 Å². The van der Waals surface area contributed by atoms with Crippen LogP contribution in [0.15, 0.2) is 24.3 Å². The largest absolute Gasteiger partial charge is 0.428 e. The normalized spacial score (nSPS) is 15.7. The highest BCUT2D eigenvalue weighted by Crippen LogP contribution is 2.30. The summed E-state index contributed by atoms with van der Waals surface area (Å²) in [6.45, 7) is 0. The van der Waals surface area contributed by atoms with Crippen LogP contribution in [0.25, 0.3) is 10.9 Å². The van der Waals surface area contributed by atoms with E-state index in [0.29, 0.717) is 0 Å². The average Bonchev–Trinajstić information content (AvgIpc) is 2.55. The zero-order chi connectivity index (χ0) is 9.54. The number of benzene rings is 1. The maximum absolute atomic E-state index is 9.95. The van der Waals surface area contributed by atoms with Gasteiger partial charge in [-0.05, 0) is 37.3 Å². The summed E-state index contributed by atoms with van der Waals surface area (Å²) in [4.78, 5) is 0. The van der Waals surface area contributed by atoms with Gasteiger partial charge in [-0.3, -0.25) is 0 Å². The lowest BCUT2D eigenvalue weighted by atomic mass is 9.96. The van der Waals surface area contributed by atoms with E-state index in [4.69, 9.17) is 0 Å². The zero-order valence-corrected chi connectivity index (χ0v) is 8.03. The molecule has 2 aromatic rings. The van der Waals surface area contributed by atoms with Crippen LogP contribution in [0, 0.1) is 0 Å². The van der Waals surface area contributed by atoms with Gasteiger partial charge in [-0.25, -0.2) is 0 Å². The molecule has 0 spiro atoms. The lowest BCUT2D eigenvalue weighted by molar-refractivity contribution is 0.188. The van der Waals surface area contributed by atoms with Gasteiger partial charge in [0.25, 0.3) is 0 Å². The standard InChI is InChI=1S/C12H13NO/c14-13-11-7-3-1-5-9(11)10-6-2-4-8-12(10)13/h1,3,5,7,14H,2,4,6,8H2. The van der Waals surface area contributed by atoms with Gasteiger partial charge in [0.05, 0.1) is 11.2 Å².